The molecular weight excluding hydrogens is 300 g/mol. The van der Waals surface area contributed by atoms with Gasteiger partial charge in [0.1, 0.15) is 0 Å². The van der Waals surface area contributed by atoms with Crippen LogP contribution in [-0.4, -0.2) is 24.6 Å². The van der Waals surface area contributed by atoms with Gasteiger partial charge in [0, 0.05) is 18.9 Å². The lowest BCUT2D eigenvalue weighted by atomic mass is 10.2. The minimum absolute atomic E-state index is 0.0669. The molecule has 0 radical (unpaired) electrons. The van der Waals surface area contributed by atoms with Crippen LogP contribution in [0.3, 0.4) is 0 Å². The number of nitrogens with one attached hydrogen (secondary N) is 1. The average molecular weight is 318 g/mol. The van der Waals surface area contributed by atoms with Gasteiger partial charge in [-0.25, -0.2) is 8.42 Å². The van der Waals surface area contributed by atoms with Gasteiger partial charge in [-0.1, -0.05) is 12.1 Å². The van der Waals surface area contributed by atoms with Crippen LogP contribution in [0.1, 0.15) is 29.8 Å². The first-order chi connectivity index (χ1) is 10.4. The maximum atomic E-state index is 12.3. The van der Waals surface area contributed by atoms with Crippen molar-refractivity contribution in [1.82, 2.24) is 10.3 Å². The van der Waals surface area contributed by atoms with E-state index in [1.807, 2.05) is 0 Å². The van der Waals surface area contributed by atoms with Crippen molar-refractivity contribution in [2.75, 3.05) is 0 Å². The number of aromatic nitrogens is 1. The van der Waals surface area contributed by atoms with Crippen molar-refractivity contribution in [3.05, 3.63) is 59.9 Å². The summed E-state index contributed by atoms with van der Waals surface area (Å²) in [5.41, 5.74) is 1.07. The van der Waals surface area contributed by atoms with Crippen molar-refractivity contribution in [1.29, 1.82) is 0 Å². The van der Waals surface area contributed by atoms with Crippen LogP contribution in [0.4, 0.5) is 0 Å². The molecular formula is C16H18N2O3S. The monoisotopic (exact) mass is 318 g/mol. The van der Waals surface area contributed by atoms with Crippen molar-refractivity contribution in [2.24, 2.45) is 0 Å². The number of hydrogen-bond acceptors (Lipinski definition) is 4. The summed E-state index contributed by atoms with van der Waals surface area (Å²) in [7, 11) is -3.51. The average Bonchev–Trinajstić information content (AvgIpc) is 2.53. The molecule has 0 aliphatic rings. The number of carbonyl (C=O) groups is 1. The van der Waals surface area contributed by atoms with Crippen molar-refractivity contribution < 1.29 is 13.2 Å². The fourth-order valence-electron chi connectivity index (χ4n) is 1.93. The summed E-state index contributed by atoms with van der Waals surface area (Å²) in [6.07, 6.45) is 3.28. The van der Waals surface area contributed by atoms with E-state index >= 15 is 0 Å². The first-order valence-corrected chi connectivity index (χ1v) is 8.47. The summed E-state index contributed by atoms with van der Waals surface area (Å²) < 4.78 is 24.7. The van der Waals surface area contributed by atoms with E-state index in [-0.39, 0.29) is 10.5 Å². The van der Waals surface area contributed by atoms with Gasteiger partial charge in [0.2, 0.25) is 0 Å². The van der Waals surface area contributed by atoms with Crippen LogP contribution in [0.15, 0.2) is 53.7 Å². The number of pyridine rings is 1. The van der Waals surface area contributed by atoms with Gasteiger partial charge in [-0.05, 0) is 43.7 Å². The fourth-order valence-corrected chi connectivity index (χ4v) is 3.18. The molecule has 22 heavy (non-hydrogen) atoms. The van der Waals surface area contributed by atoms with Gasteiger partial charge in [-0.15, -0.1) is 0 Å². The van der Waals surface area contributed by atoms with Crippen LogP contribution in [-0.2, 0) is 16.4 Å². The minimum atomic E-state index is -3.51. The van der Waals surface area contributed by atoms with E-state index in [9.17, 15) is 13.2 Å². The molecule has 1 aromatic carbocycles. The van der Waals surface area contributed by atoms with Crippen molar-refractivity contribution >= 4 is 15.7 Å². The molecule has 0 spiro atoms. The smallest absolute Gasteiger partial charge is 0.252 e. The Hall–Kier alpha value is -2.21. The number of sulfone groups is 1. The van der Waals surface area contributed by atoms with Gasteiger partial charge < -0.3 is 5.32 Å². The van der Waals surface area contributed by atoms with E-state index in [0.29, 0.717) is 6.54 Å². The van der Waals surface area contributed by atoms with E-state index in [1.54, 1.807) is 50.5 Å². The first-order valence-electron chi connectivity index (χ1n) is 6.93. The second-order valence-electron chi connectivity index (χ2n) is 5.13. The second-order valence-corrected chi connectivity index (χ2v) is 7.60. The Morgan fingerprint density at radius 2 is 1.77 bits per heavy atom. The lowest BCUT2D eigenvalue weighted by Crippen LogP contribution is -2.26. The number of nitrogens with zero attached hydrogens (tertiary/aromatic N) is 1. The van der Waals surface area contributed by atoms with Gasteiger partial charge >= 0.3 is 0 Å². The Balaban J connectivity index is 2.24. The number of carbonyl (C=O) groups excluding carboxylic acids is 1. The summed E-state index contributed by atoms with van der Waals surface area (Å²) in [6.45, 7) is 3.51. The maximum absolute atomic E-state index is 12.3. The zero-order chi connectivity index (χ0) is 16.2. The van der Waals surface area contributed by atoms with E-state index in [2.05, 4.69) is 10.3 Å². The highest BCUT2D eigenvalue weighted by Gasteiger charge is 2.24. The standard InChI is InChI=1S/C16H18N2O3S/c1-12(2)22(20,21)15-6-4-3-5-14(15)16(19)18-11-13-7-9-17-10-8-13/h3-10,12H,11H2,1-2H3,(H,18,19). The van der Waals surface area contributed by atoms with E-state index in [4.69, 9.17) is 0 Å². The Morgan fingerprint density at radius 1 is 1.14 bits per heavy atom. The van der Waals surface area contributed by atoms with Gasteiger partial charge in [0.25, 0.3) is 5.91 Å². The molecule has 0 bridgehead atoms. The van der Waals surface area contributed by atoms with Gasteiger partial charge in [-0.2, -0.15) is 0 Å². The van der Waals surface area contributed by atoms with Gasteiger partial charge in [-0.3, -0.25) is 9.78 Å². The number of amides is 1. The number of rotatable bonds is 5. The highest BCUT2D eigenvalue weighted by molar-refractivity contribution is 7.92. The first kappa shape index (κ1) is 16.2. The molecule has 0 saturated carbocycles. The zero-order valence-electron chi connectivity index (χ0n) is 12.5. The zero-order valence-corrected chi connectivity index (χ0v) is 13.3. The molecule has 1 N–H and O–H groups in total. The van der Waals surface area contributed by atoms with Crippen LogP contribution in [0.25, 0.3) is 0 Å². The van der Waals surface area contributed by atoms with E-state index in [0.717, 1.165) is 5.56 Å². The van der Waals surface area contributed by atoms with E-state index < -0.39 is 21.0 Å². The third-order valence-electron chi connectivity index (χ3n) is 3.26. The summed E-state index contributed by atoms with van der Waals surface area (Å²) >= 11 is 0. The second kappa shape index (κ2) is 6.70. The molecule has 1 heterocycles. The molecule has 2 aromatic rings. The topological polar surface area (TPSA) is 76.1 Å². The highest BCUT2D eigenvalue weighted by Crippen LogP contribution is 2.20. The van der Waals surface area contributed by atoms with Gasteiger partial charge in [0.15, 0.2) is 9.84 Å². The molecule has 0 saturated heterocycles. The van der Waals surface area contributed by atoms with Crippen LogP contribution in [0.5, 0.6) is 0 Å². The lowest BCUT2D eigenvalue weighted by molar-refractivity contribution is 0.0947. The van der Waals surface area contributed by atoms with Crippen LogP contribution < -0.4 is 5.32 Å². The van der Waals surface area contributed by atoms with Crippen LogP contribution in [0.2, 0.25) is 0 Å². The molecule has 0 fully saturated rings. The molecule has 1 amide bonds. The normalized spacial score (nSPS) is 11.4. The molecule has 0 unspecified atom stereocenters. The van der Waals surface area contributed by atoms with E-state index in [1.165, 1.54) is 12.1 Å². The predicted octanol–water partition coefficient (Wildman–Crippen LogP) is 2.19. The number of hydrogen-bond donors (Lipinski definition) is 1. The van der Waals surface area contributed by atoms with Crippen LogP contribution >= 0.6 is 0 Å². The third kappa shape index (κ3) is 3.51. The molecule has 0 aliphatic carbocycles. The molecule has 1 aromatic heterocycles. The summed E-state index contributed by atoms with van der Waals surface area (Å²) in [6, 6.07) is 9.84. The quantitative estimate of drug-likeness (QED) is 0.917. The SMILES string of the molecule is CC(C)S(=O)(=O)c1ccccc1C(=O)NCc1ccncc1. The van der Waals surface area contributed by atoms with Crippen LogP contribution in [0, 0.1) is 0 Å². The molecule has 2 rings (SSSR count). The molecule has 0 atom stereocenters. The van der Waals surface area contributed by atoms with Gasteiger partial charge in [0.05, 0.1) is 15.7 Å². The molecule has 5 nitrogen and oxygen atoms in total. The fraction of sp³-hybridized carbons (Fsp3) is 0.250. The number of benzene rings is 1. The molecule has 6 heteroatoms. The third-order valence-corrected chi connectivity index (χ3v) is 5.47. The molecule has 116 valence electrons. The summed E-state index contributed by atoms with van der Waals surface area (Å²) in [5, 5.41) is 2.15. The minimum Gasteiger partial charge on any atom is -0.348 e. The summed E-state index contributed by atoms with van der Waals surface area (Å²) in [4.78, 5) is 16.3. The van der Waals surface area contributed by atoms with Crippen molar-refractivity contribution in [2.45, 2.75) is 30.5 Å². The Labute approximate surface area is 130 Å². The van der Waals surface area contributed by atoms with Crippen molar-refractivity contribution in [3.8, 4) is 0 Å². The Bertz CT molecular complexity index is 756. The highest BCUT2D eigenvalue weighted by atomic mass is 32.2. The predicted molar refractivity (Wildman–Crippen MR) is 84.2 cm³/mol. The van der Waals surface area contributed by atoms with Crippen molar-refractivity contribution in [3.63, 3.8) is 0 Å². The lowest BCUT2D eigenvalue weighted by Gasteiger charge is -2.13. The molecule has 0 aliphatic heterocycles. The summed E-state index contributed by atoms with van der Waals surface area (Å²) in [5.74, 6) is -0.406. The Morgan fingerprint density at radius 3 is 2.41 bits per heavy atom. The maximum Gasteiger partial charge on any atom is 0.252 e. The Kier molecular flexibility index (Phi) is 4.92. The largest absolute Gasteiger partial charge is 0.348 e.